The normalized spacial score (nSPS) is 31.6. The van der Waals surface area contributed by atoms with Crippen LogP contribution in [0, 0.1) is 29.1 Å². The van der Waals surface area contributed by atoms with E-state index in [-0.39, 0.29) is 29.2 Å². The molecule has 4 fully saturated rings. The number of amides is 2. The second kappa shape index (κ2) is 8.39. The van der Waals surface area contributed by atoms with Crippen molar-refractivity contribution in [3.63, 3.8) is 0 Å². The Bertz CT molecular complexity index is 746. The van der Waals surface area contributed by atoms with Crippen LogP contribution in [-0.4, -0.2) is 28.5 Å². The van der Waals surface area contributed by atoms with Gasteiger partial charge in [-0.15, -0.1) is 0 Å². The molecule has 4 bridgehead atoms. The lowest BCUT2D eigenvalue weighted by molar-refractivity contribution is -0.149. The molecule has 0 saturated heterocycles. The molecule has 2 atom stereocenters. The van der Waals surface area contributed by atoms with Gasteiger partial charge < -0.3 is 15.2 Å². The van der Waals surface area contributed by atoms with E-state index in [1.165, 1.54) is 25.0 Å². The van der Waals surface area contributed by atoms with Crippen LogP contribution < -0.4 is 10.6 Å². The lowest BCUT2D eigenvalue weighted by Crippen LogP contribution is -2.59. The van der Waals surface area contributed by atoms with Gasteiger partial charge in [-0.05, 0) is 94.1 Å². The average Bonchev–Trinajstić information content (AvgIpc) is 3.07. The zero-order chi connectivity index (χ0) is 21.5. The lowest BCUT2D eigenvalue weighted by Gasteiger charge is -2.55. The third-order valence-corrected chi connectivity index (χ3v) is 8.03. The Hall–Kier alpha value is -1.78. The van der Waals surface area contributed by atoms with Gasteiger partial charge in [0.2, 0.25) is 11.8 Å². The Morgan fingerprint density at radius 1 is 1.07 bits per heavy atom. The van der Waals surface area contributed by atoms with Gasteiger partial charge in [-0.25, -0.2) is 0 Å². The van der Waals surface area contributed by atoms with Crippen molar-refractivity contribution in [2.45, 2.75) is 84.2 Å². The quantitative estimate of drug-likeness (QED) is 0.680. The highest BCUT2D eigenvalue weighted by molar-refractivity contribution is 5.90. The summed E-state index contributed by atoms with van der Waals surface area (Å²) in [4.78, 5) is 26.5. The Kier molecular flexibility index (Phi) is 6.00. The number of hydrogen-bond donors (Lipinski definition) is 2. The van der Waals surface area contributed by atoms with E-state index >= 15 is 0 Å². The number of nitrogens with one attached hydrogen (secondary N) is 2. The number of hydrogen-bond acceptors (Lipinski definition) is 2. The molecule has 1 aromatic heterocycles. The number of carbonyl (C=O) groups excluding carboxylic acids is 2. The van der Waals surface area contributed by atoms with Crippen molar-refractivity contribution in [1.29, 1.82) is 0 Å². The molecule has 30 heavy (non-hydrogen) atoms. The van der Waals surface area contributed by atoms with E-state index in [0.717, 1.165) is 49.9 Å². The van der Waals surface area contributed by atoms with Crippen molar-refractivity contribution in [2.24, 2.45) is 36.1 Å². The van der Waals surface area contributed by atoms with Gasteiger partial charge in [-0.2, -0.15) is 0 Å². The molecule has 0 aliphatic heterocycles. The minimum absolute atomic E-state index is 0.0394. The van der Waals surface area contributed by atoms with Crippen LogP contribution in [0.5, 0.6) is 0 Å². The van der Waals surface area contributed by atoms with Crippen LogP contribution in [0.4, 0.5) is 0 Å². The maximum Gasteiger partial charge on any atom is 0.243 e. The van der Waals surface area contributed by atoms with Gasteiger partial charge in [0, 0.05) is 30.4 Å². The minimum Gasteiger partial charge on any atom is -0.354 e. The van der Waals surface area contributed by atoms with Crippen LogP contribution in [0.25, 0.3) is 0 Å². The molecule has 2 amide bonds. The molecule has 5 rings (SSSR count). The molecule has 0 aromatic carbocycles. The van der Waals surface area contributed by atoms with Crippen molar-refractivity contribution in [3.8, 4) is 0 Å². The minimum atomic E-state index is -0.456. The highest BCUT2D eigenvalue weighted by Gasteiger charge is 2.55. The first-order chi connectivity index (χ1) is 14.3. The Morgan fingerprint density at radius 3 is 2.17 bits per heavy atom. The maximum atomic E-state index is 13.4. The van der Waals surface area contributed by atoms with E-state index in [4.69, 9.17) is 0 Å². The molecule has 2 N–H and O–H groups in total. The van der Waals surface area contributed by atoms with Crippen molar-refractivity contribution in [1.82, 2.24) is 15.2 Å². The third-order valence-electron chi connectivity index (χ3n) is 8.03. The lowest BCUT2D eigenvalue weighted by atomic mass is 9.49. The van der Waals surface area contributed by atoms with E-state index in [9.17, 15) is 9.59 Å². The molecule has 1 heterocycles. The van der Waals surface area contributed by atoms with E-state index in [2.05, 4.69) is 28.2 Å². The molecule has 4 aliphatic rings. The predicted octanol–water partition coefficient (Wildman–Crippen LogP) is 3.82. The number of rotatable bonds is 8. The fourth-order valence-corrected chi connectivity index (χ4v) is 6.74. The van der Waals surface area contributed by atoms with Gasteiger partial charge >= 0.3 is 0 Å². The zero-order valence-corrected chi connectivity index (χ0v) is 19.1. The van der Waals surface area contributed by atoms with Gasteiger partial charge in [-0.1, -0.05) is 13.8 Å². The summed E-state index contributed by atoms with van der Waals surface area (Å²) in [5, 5.41) is 6.36. The molecule has 5 nitrogen and oxygen atoms in total. The van der Waals surface area contributed by atoms with E-state index in [0.29, 0.717) is 0 Å². The first kappa shape index (κ1) is 21.5. The van der Waals surface area contributed by atoms with Crippen molar-refractivity contribution < 1.29 is 9.59 Å². The molecule has 4 saturated carbocycles. The van der Waals surface area contributed by atoms with Gasteiger partial charge in [0.25, 0.3) is 0 Å². The van der Waals surface area contributed by atoms with Crippen LogP contribution >= 0.6 is 0 Å². The van der Waals surface area contributed by atoms with Crippen LogP contribution in [0.1, 0.15) is 71.4 Å². The molecule has 166 valence electrons. The van der Waals surface area contributed by atoms with E-state index < -0.39 is 6.04 Å². The van der Waals surface area contributed by atoms with Crippen LogP contribution in [0.15, 0.2) is 18.3 Å². The molecule has 0 unspecified atom stereocenters. The van der Waals surface area contributed by atoms with Crippen LogP contribution in [0.3, 0.4) is 0 Å². The molecular weight excluding hydrogens is 374 g/mol. The van der Waals surface area contributed by atoms with Gasteiger partial charge in [0.15, 0.2) is 0 Å². The van der Waals surface area contributed by atoms with Crippen molar-refractivity contribution >= 4 is 11.8 Å². The Morgan fingerprint density at radius 2 is 1.67 bits per heavy atom. The van der Waals surface area contributed by atoms with Gasteiger partial charge in [-0.3, -0.25) is 9.59 Å². The van der Waals surface area contributed by atoms with Crippen molar-refractivity contribution in [2.75, 3.05) is 0 Å². The zero-order valence-electron chi connectivity index (χ0n) is 19.1. The average molecular weight is 414 g/mol. The first-order valence-corrected chi connectivity index (χ1v) is 12.0. The summed E-state index contributed by atoms with van der Waals surface area (Å²) in [5.74, 6) is 2.36. The standard InChI is InChI=1S/C25H39N3O2/c1-16(2)22(23(29)26-17(3)7-8-21-6-5-9-28(21)4)27-24(30)25-13-18-10-19(14-25)12-20(11-18)15-25/h5-6,9,16-20,22H,7-8,10-15H2,1-4H3,(H,26,29)(H,27,30)/t17-,18?,19?,20?,22-,25?/m1/s1. The summed E-state index contributed by atoms with van der Waals surface area (Å²) in [6, 6.07) is 3.79. The van der Waals surface area contributed by atoms with E-state index in [1.54, 1.807) is 0 Å². The summed E-state index contributed by atoms with van der Waals surface area (Å²) in [5.41, 5.74) is 1.06. The van der Waals surface area contributed by atoms with Gasteiger partial charge in [0.05, 0.1) is 0 Å². The topological polar surface area (TPSA) is 63.1 Å². The number of aryl methyl sites for hydroxylation is 2. The summed E-state index contributed by atoms with van der Waals surface area (Å²) in [6.07, 6.45) is 10.9. The van der Waals surface area contributed by atoms with Crippen LogP contribution in [-0.2, 0) is 23.1 Å². The van der Waals surface area contributed by atoms with Crippen molar-refractivity contribution in [3.05, 3.63) is 24.0 Å². The second-order valence-corrected chi connectivity index (χ2v) is 11.0. The first-order valence-electron chi connectivity index (χ1n) is 12.0. The highest BCUT2D eigenvalue weighted by atomic mass is 16.2. The third kappa shape index (κ3) is 4.31. The molecule has 0 spiro atoms. The molecule has 0 radical (unpaired) electrons. The smallest absolute Gasteiger partial charge is 0.243 e. The monoisotopic (exact) mass is 413 g/mol. The molecule has 5 heteroatoms. The predicted molar refractivity (Wildman–Crippen MR) is 119 cm³/mol. The van der Waals surface area contributed by atoms with E-state index in [1.807, 2.05) is 33.2 Å². The second-order valence-electron chi connectivity index (χ2n) is 11.0. The summed E-state index contributed by atoms with van der Waals surface area (Å²) in [6.45, 7) is 6.11. The Balaban J connectivity index is 1.34. The summed E-state index contributed by atoms with van der Waals surface area (Å²) in [7, 11) is 2.05. The molecule has 4 aliphatic carbocycles. The fourth-order valence-electron chi connectivity index (χ4n) is 6.74. The number of carbonyl (C=O) groups is 2. The summed E-state index contributed by atoms with van der Waals surface area (Å²) < 4.78 is 2.12. The SMILES string of the molecule is CC(C)[C@@H](NC(=O)C12CC3CC(CC(C3)C1)C2)C(=O)N[C@H](C)CCc1cccn1C. The van der Waals surface area contributed by atoms with Crippen LogP contribution in [0.2, 0.25) is 0 Å². The summed E-state index contributed by atoms with van der Waals surface area (Å²) >= 11 is 0. The largest absolute Gasteiger partial charge is 0.354 e. The number of nitrogens with zero attached hydrogens (tertiary/aromatic N) is 1. The maximum absolute atomic E-state index is 13.4. The molecule has 1 aromatic rings. The fraction of sp³-hybridized carbons (Fsp3) is 0.760. The Labute approximate surface area is 181 Å². The number of aromatic nitrogens is 1. The highest BCUT2D eigenvalue weighted by Crippen LogP contribution is 2.60. The molecular formula is C25H39N3O2. The van der Waals surface area contributed by atoms with Gasteiger partial charge in [0.1, 0.15) is 6.04 Å².